The number of carboxylic acid groups (broad SMARTS) is 1. The SMILES string of the molecule is NCCOc1csc(C(=O)O)c1. The summed E-state index contributed by atoms with van der Waals surface area (Å²) in [5, 5.41) is 10.2. The molecule has 0 spiro atoms. The van der Waals surface area contributed by atoms with E-state index < -0.39 is 5.97 Å². The molecule has 0 atom stereocenters. The number of hydrogen-bond donors (Lipinski definition) is 2. The molecule has 12 heavy (non-hydrogen) atoms. The van der Waals surface area contributed by atoms with Gasteiger partial charge in [-0.3, -0.25) is 0 Å². The fourth-order valence-corrected chi connectivity index (χ4v) is 1.35. The van der Waals surface area contributed by atoms with E-state index >= 15 is 0 Å². The minimum atomic E-state index is -0.928. The van der Waals surface area contributed by atoms with Crippen molar-refractivity contribution in [1.82, 2.24) is 0 Å². The zero-order valence-electron chi connectivity index (χ0n) is 6.32. The molecule has 1 heterocycles. The highest BCUT2D eigenvalue weighted by atomic mass is 32.1. The number of aromatic carboxylic acids is 1. The van der Waals surface area contributed by atoms with E-state index in [1.807, 2.05) is 0 Å². The van der Waals surface area contributed by atoms with Crippen LogP contribution in [-0.4, -0.2) is 24.2 Å². The maximum absolute atomic E-state index is 10.4. The Kier molecular flexibility index (Phi) is 3.07. The van der Waals surface area contributed by atoms with E-state index in [2.05, 4.69) is 0 Å². The van der Waals surface area contributed by atoms with Gasteiger partial charge in [-0.2, -0.15) is 0 Å². The maximum atomic E-state index is 10.4. The van der Waals surface area contributed by atoms with Gasteiger partial charge in [0.15, 0.2) is 0 Å². The number of hydrogen-bond acceptors (Lipinski definition) is 4. The second-order valence-corrected chi connectivity index (χ2v) is 3.00. The lowest BCUT2D eigenvalue weighted by Crippen LogP contribution is -2.10. The highest BCUT2D eigenvalue weighted by Crippen LogP contribution is 2.21. The molecule has 0 radical (unpaired) electrons. The Bertz CT molecular complexity index is 271. The molecular formula is C7H9NO3S. The first-order chi connectivity index (χ1) is 5.74. The first-order valence-electron chi connectivity index (χ1n) is 3.38. The third kappa shape index (κ3) is 2.21. The smallest absolute Gasteiger partial charge is 0.346 e. The summed E-state index contributed by atoms with van der Waals surface area (Å²) in [7, 11) is 0. The van der Waals surface area contributed by atoms with E-state index in [-0.39, 0.29) is 4.88 Å². The van der Waals surface area contributed by atoms with Crippen LogP contribution in [0.1, 0.15) is 9.67 Å². The predicted molar refractivity (Wildman–Crippen MR) is 45.8 cm³/mol. The van der Waals surface area contributed by atoms with Gasteiger partial charge in [-0.25, -0.2) is 4.79 Å². The van der Waals surface area contributed by atoms with E-state index in [0.29, 0.717) is 18.9 Å². The van der Waals surface area contributed by atoms with E-state index in [0.717, 1.165) is 11.3 Å². The standard InChI is InChI=1S/C7H9NO3S/c8-1-2-11-5-3-6(7(9)10)12-4-5/h3-4H,1-2,8H2,(H,9,10). The molecule has 0 unspecified atom stereocenters. The molecule has 1 aromatic rings. The fraction of sp³-hybridized carbons (Fsp3) is 0.286. The minimum absolute atomic E-state index is 0.280. The van der Waals surface area contributed by atoms with Crippen LogP contribution in [0.3, 0.4) is 0 Å². The number of ether oxygens (including phenoxy) is 1. The van der Waals surface area contributed by atoms with Crippen LogP contribution in [0.2, 0.25) is 0 Å². The molecule has 1 rings (SSSR count). The summed E-state index contributed by atoms with van der Waals surface area (Å²) in [5.74, 6) is -0.356. The molecule has 0 saturated heterocycles. The van der Waals surface area contributed by atoms with Crippen molar-refractivity contribution in [1.29, 1.82) is 0 Å². The van der Waals surface area contributed by atoms with Crippen LogP contribution < -0.4 is 10.5 Å². The molecule has 0 saturated carbocycles. The normalized spacial score (nSPS) is 9.75. The molecule has 5 heteroatoms. The van der Waals surface area contributed by atoms with Gasteiger partial charge in [-0.15, -0.1) is 11.3 Å². The topological polar surface area (TPSA) is 72.5 Å². The third-order valence-corrected chi connectivity index (χ3v) is 2.07. The van der Waals surface area contributed by atoms with Crippen LogP contribution in [0.15, 0.2) is 11.4 Å². The average molecular weight is 187 g/mol. The molecule has 0 amide bonds. The van der Waals surface area contributed by atoms with Crippen LogP contribution in [0.25, 0.3) is 0 Å². The Hall–Kier alpha value is -1.07. The summed E-state index contributed by atoms with van der Waals surface area (Å²) >= 11 is 1.14. The Morgan fingerprint density at radius 1 is 1.75 bits per heavy atom. The summed E-state index contributed by atoms with van der Waals surface area (Å²) in [5.41, 5.74) is 5.21. The Morgan fingerprint density at radius 3 is 3.00 bits per heavy atom. The summed E-state index contributed by atoms with van der Waals surface area (Å²) < 4.78 is 5.11. The molecule has 0 aliphatic carbocycles. The molecule has 0 aromatic carbocycles. The first-order valence-corrected chi connectivity index (χ1v) is 4.26. The minimum Gasteiger partial charge on any atom is -0.491 e. The van der Waals surface area contributed by atoms with Gasteiger partial charge >= 0.3 is 5.97 Å². The van der Waals surface area contributed by atoms with Crippen LogP contribution in [0, 0.1) is 0 Å². The molecule has 4 nitrogen and oxygen atoms in total. The number of thiophene rings is 1. The number of rotatable bonds is 4. The highest BCUT2D eigenvalue weighted by molar-refractivity contribution is 7.12. The number of carboxylic acids is 1. The number of carbonyl (C=O) groups is 1. The van der Waals surface area contributed by atoms with Gasteiger partial charge in [0.1, 0.15) is 17.2 Å². The lowest BCUT2D eigenvalue weighted by molar-refractivity contribution is 0.0702. The van der Waals surface area contributed by atoms with Crippen molar-refractivity contribution < 1.29 is 14.6 Å². The lowest BCUT2D eigenvalue weighted by atomic mass is 10.4. The van der Waals surface area contributed by atoms with Crippen molar-refractivity contribution in [2.24, 2.45) is 5.73 Å². The molecule has 0 aliphatic rings. The van der Waals surface area contributed by atoms with E-state index in [9.17, 15) is 4.79 Å². The summed E-state index contributed by atoms with van der Waals surface area (Å²) in [4.78, 5) is 10.7. The van der Waals surface area contributed by atoms with Crippen LogP contribution in [-0.2, 0) is 0 Å². The first kappa shape index (κ1) is 9.02. The zero-order chi connectivity index (χ0) is 8.97. The second-order valence-electron chi connectivity index (χ2n) is 2.09. The van der Waals surface area contributed by atoms with Gasteiger partial charge in [0.05, 0.1) is 0 Å². The van der Waals surface area contributed by atoms with Gasteiger partial charge in [0, 0.05) is 18.0 Å². The lowest BCUT2D eigenvalue weighted by Gasteiger charge is -1.98. The molecule has 1 aromatic heterocycles. The van der Waals surface area contributed by atoms with E-state index in [1.54, 1.807) is 5.38 Å². The average Bonchev–Trinajstić information content (AvgIpc) is 2.48. The quantitative estimate of drug-likeness (QED) is 0.730. The molecule has 0 aliphatic heterocycles. The second kappa shape index (κ2) is 4.08. The Morgan fingerprint density at radius 2 is 2.50 bits per heavy atom. The van der Waals surface area contributed by atoms with Crippen molar-refractivity contribution in [2.75, 3.05) is 13.2 Å². The highest BCUT2D eigenvalue weighted by Gasteiger charge is 2.06. The van der Waals surface area contributed by atoms with Crippen LogP contribution in [0.5, 0.6) is 5.75 Å². The number of nitrogens with two attached hydrogens (primary N) is 1. The predicted octanol–water partition coefficient (Wildman–Crippen LogP) is 0.784. The monoisotopic (exact) mass is 187 g/mol. The fourth-order valence-electron chi connectivity index (χ4n) is 0.683. The van der Waals surface area contributed by atoms with Crippen LogP contribution in [0.4, 0.5) is 0 Å². The van der Waals surface area contributed by atoms with Crippen molar-refractivity contribution in [3.63, 3.8) is 0 Å². The van der Waals surface area contributed by atoms with Crippen molar-refractivity contribution in [3.05, 3.63) is 16.3 Å². The van der Waals surface area contributed by atoms with Gasteiger partial charge in [0.25, 0.3) is 0 Å². The van der Waals surface area contributed by atoms with Gasteiger partial charge in [-0.05, 0) is 0 Å². The summed E-state index contributed by atoms with van der Waals surface area (Å²) in [6.07, 6.45) is 0. The zero-order valence-corrected chi connectivity index (χ0v) is 7.13. The third-order valence-electron chi connectivity index (χ3n) is 1.17. The molecule has 66 valence electrons. The van der Waals surface area contributed by atoms with Gasteiger partial charge in [0.2, 0.25) is 0 Å². The van der Waals surface area contributed by atoms with E-state index in [4.69, 9.17) is 15.6 Å². The molecule has 0 bridgehead atoms. The van der Waals surface area contributed by atoms with Crippen molar-refractivity contribution in [2.45, 2.75) is 0 Å². The Labute approximate surface area is 73.6 Å². The maximum Gasteiger partial charge on any atom is 0.346 e. The summed E-state index contributed by atoms with van der Waals surface area (Å²) in [6.45, 7) is 0.841. The van der Waals surface area contributed by atoms with Crippen molar-refractivity contribution >= 4 is 17.3 Å². The van der Waals surface area contributed by atoms with Gasteiger partial charge in [-0.1, -0.05) is 0 Å². The molecule has 0 fully saturated rings. The summed E-state index contributed by atoms with van der Waals surface area (Å²) in [6, 6.07) is 1.49. The Balaban J connectivity index is 2.58. The van der Waals surface area contributed by atoms with E-state index in [1.165, 1.54) is 6.07 Å². The van der Waals surface area contributed by atoms with Gasteiger partial charge < -0.3 is 15.6 Å². The van der Waals surface area contributed by atoms with Crippen molar-refractivity contribution in [3.8, 4) is 5.75 Å². The van der Waals surface area contributed by atoms with Crippen LogP contribution >= 0.6 is 11.3 Å². The molecule has 3 N–H and O–H groups in total. The molecular weight excluding hydrogens is 178 g/mol. The largest absolute Gasteiger partial charge is 0.491 e.